The molecule has 150 valence electrons. The topological polar surface area (TPSA) is 102 Å². The first kappa shape index (κ1) is 22.8. The van der Waals surface area contributed by atoms with Crippen molar-refractivity contribution >= 4 is 20.1 Å². The summed E-state index contributed by atoms with van der Waals surface area (Å²) < 4.78 is 34.2. The summed E-state index contributed by atoms with van der Waals surface area (Å²) in [5.74, 6) is -0.217. The van der Waals surface area contributed by atoms with Gasteiger partial charge in [0.25, 0.3) is 0 Å². The maximum absolute atomic E-state index is 13.7. The number of alkyl halides is 1. The first-order valence-corrected chi connectivity index (χ1v) is 10.7. The van der Waals surface area contributed by atoms with Crippen molar-refractivity contribution in [3.05, 3.63) is 0 Å². The summed E-state index contributed by atoms with van der Waals surface area (Å²) in [6.45, 7) is 1.72. The number of nitrogens with one attached hydrogen (secondary N) is 1. The predicted octanol–water partition coefficient (Wildman–Crippen LogP) is 3.67. The van der Waals surface area contributed by atoms with Gasteiger partial charge in [-0.25, -0.2) is 9.18 Å². The van der Waals surface area contributed by atoms with E-state index in [1.54, 1.807) is 0 Å². The average Bonchev–Trinajstić information content (AvgIpc) is 2.62. The Hall–Kier alpha value is -1.27. The molecule has 0 spiro atoms. The average molecular weight is 394 g/mol. The standard InChI is InChI=1S/C17H29FNO6P/c1-13(9-12-26(22)23)7-8-15(18)19-17(21)25-11-10-24-16(20)14-5-3-2-4-6-14/h13-15H,2-12H2,1H3,(H-,19,21,22,23)/p+1. The second-order valence-corrected chi connectivity index (χ2v) is 7.95. The molecule has 9 heteroatoms. The number of carbonyl (C=O) groups excluding carboxylic acids is 2. The minimum atomic E-state index is -2.16. The highest BCUT2D eigenvalue weighted by atomic mass is 31.1. The van der Waals surface area contributed by atoms with Crippen molar-refractivity contribution in [1.82, 2.24) is 5.32 Å². The van der Waals surface area contributed by atoms with Crippen LogP contribution in [0.1, 0.15) is 58.3 Å². The molecule has 1 fully saturated rings. The SMILES string of the molecule is CC(CCC(F)NC(=O)OCCOC(=O)C1CCCCC1)CC[P+](=O)O. The number of rotatable bonds is 11. The van der Waals surface area contributed by atoms with Crippen LogP contribution in [0.5, 0.6) is 0 Å². The Morgan fingerprint density at radius 3 is 2.46 bits per heavy atom. The van der Waals surface area contributed by atoms with E-state index in [-0.39, 0.29) is 43.6 Å². The Morgan fingerprint density at radius 1 is 1.15 bits per heavy atom. The van der Waals surface area contributed by atoms with Gasteiger partial charge in [0, 0.05) is 0 Å². The molecule has 7 nitrogen and oxygen atoms in total. The minimum Gasteiger partial charge on any atom is -0.462 e. The van der Waals surface area contributed by atoms with Crippen molar-refractivity contribution in [1.29, 1.82) is 0 Å². The Bertz CT molecular complexity index is 459. The van der Waals surface area contributed by atoms with Gasteiger partial charge in [0.15, 0.2) is 12.5 Å². The molecular formula is C17H30FNO6P+. The van der Waals surface area contributed by atoms with Crippen molar-refractivity contribution in [2.75, 3.05) is 19.4 Å². The smallest absolute Gasteiger partial charge is 0.462 e. The van der Waals surface area contributed by atoms with Crippen molar-refractivity contribution in [3.8, 4) is 0 Å². The maximum Gasteiger partial charge on any atom is 0.505 e. The Kier molecular flexibility index (Phi) is 11.4. The van der Waals surface area contributed by atoms with Gasteiger partial charge >= 0.3 is 20.1 Å². The second kappa shape index (κ2) is 13.0. The lowest BCUT2D eigenvalue weighted by atomic mass is 9.89. The molecule has 1 rings (SSSR count). The third-order valence-electron chi connectivity index (χ3n) is 4.50. The molecule has 1 saturated carbocycles. The molecular weight excluding hydrogens is 364 g/mol. The molecule has 26 heavy (non-hydrogen) atoms. The molecule has 1 aliphatic rings. The fourth-order valence-corrected chi connectivity index (χ4v) is 3.54. The molecule has 0 heterocycles. The van der Waals surface area contributed by atoms with E-state index in [9.17, 15) is 18.5 Å². The van der Waals surface area contributed by atoms with Crippen molar-refractivity contribution < 1.29 is 32.9 Å². The van der Waals surface area contributed by atoms with Crippen LogP contribution in [0.15, 0.2) is 0 Å². The van der Waals surface area contributed by atoms with Gasteiger partial charge in [0.05, 0.1) is 5.92 Å². The number of ether oxygens (including phenoxy) is 2. The number of amides is 1. The van der Waals surface area contributed by atoms with E-state index in [4.69, 9.17) is 14.4 Å². The van der Waals surface area contributed by atoms with Gasteiger partial charge < -0.3 is 9.47 Å². The third kappa shape index (κ3) is 10.7. The summed E-state index contributed by atoms with van der Waals surface area (Å²) in [4.78, 5) is 32.0. The van der Waals surface area contributed by atoms with Crippen LogP contribution in [0.4, 0.5) is 9.18 Å². The minimum absolute atomic E-state index is 0.0317. The summed E-state index contributed by atoms with van der Waals surface area (Å²) in [6.07, 6.45) is 3.80. The van der Waals surface area contributed by atoms with Gasteiger partial charge in [-0.3, -0.25) is 10.1 Å². The summed E-state index contributed by atoms with van der Waals surface area (Å²) in [5, 5.41) is 2.08. The number of esters is 1. The van der Waals surface area contributed by atoms with Crippen LogP contribution in [0.3, 0.4) is 0 Å². The van der Waals surface area contributed by atoms with Crippen LogP contribution in [0.2, 0.25) is 0 Å². The van der Waals surface area contributed by atoms with E-state index < -0.39 is 20.4 Å². The lowest BCUT2D eigenvalue weighted by Crippen LogP contribution is -2.33. The molecule has 3 atom stereocenters. The van der Waals surface area contributed by atoms with Crippen LogP contribution in [0, 0.1) is 11.8 Å². The lowest BCUT2D eigenvalue weighted by molar-refractivity contribution is -0.150. The van der Waals surface area contributed by atoms with Gasteiger partial charge in [-0.05, 0) is 42.6 Å². The predicted molar refractivity (Wildman–Crippen MR) is 94.6 cm³/mol. The zero-order valence-corrected chi connectivity index (χ0v) is 16.2. The van der Waals surface area contributed by atoms with E-state index in [2.05, 4.69) is 5.32 Å². The zero-order valence-electron chi connectivity index (χ0n) is 15.3. The Balaban J connectivity index is 2.06. The maximum atomic E-state index is 13.7. The van der Waals surface area contributed by atoms with Crippen molar-refractivity contribution in [2.45, 2.75) is 64.6 Å². The van der Waals surface area contributed by atoms with E-state index in [0.29, 0.717) is 12.8 Å². The van der Waals surface area contributed by atoms with Crippen molar-refractivity contribution in [3.63, 3.8) is 0 Å². The van der Waals surface area contributed by atoms with E-state index in [1.165, 1.54) is 0 Å². The number of alkyl carbamates (subject to hydrolysis) is 1. The summed E-state index contributed by atoms with van der Waals surface area (Å²) in [6, 6.07) is 0. The van der Waals surface area contributed by atoms with Gasteiger partial charge in [-0.2, -0.15) is 4.89 Å². The van der Waals surface area contributed by atoms with Gasteiger partial charge in [-0.15, -0.1) is 0 Å². The van der Waals surface area contributed by atoms with Crippen LogP contribution in [-0.4, -0.2) is 42.6 Å². The van der Waals surface area contributed by atoms with Gasteiger partial charge in [0.1, 0.15) is 13.2 Å². The molecule has 2 N–H and O–H groups in total. The molecule has 0 aromatic carbocycles. The highest BCUT2D eigenvalue weighted by Gasteiger charge is 2.22. The van der Waals surface area contributed by atoms with Gasteiger partial charge in [0.2, 0.25) is 0 Å². The van der Waals surface area contributed by atoms with Crippen LogP contribution in [-0.2, 0) is 18.8 Å². The summed E-state index contributed by atoms with van der Waals surface area (Å²) >= 11 is 0. The first-order valence-electron chi connectivity index (χ1n) is 9.26. The summed E-state index contributed by atoms with van der Waals surface area (Å²) in [7, 11) is -2.16. The monoisotopic (exact) mass is 394 g/mol. The molecule has 0 radical (unpaired) electrons. The molecule has 0 aliphatic heterocycles. The van der Waals surface area contributed by atoms with E-state index >= 15 is 0 Å². The van der Waals surface area contributed by atoms with Crippen LogP contribution in [0.25, 0.3) is 0 Å². The molecule has 0 aromatic heterocycles. The molecule has 0 bridgehead atoms. The number of hydrogen-bond donors (Lipinski definition) is 2. The quantitative estimate of drug-likeness (QED) is 0.240. The fraction of sp³-hybridized carbons (Fsp3) is 0.882. The number of carbonyl (C=O) groups is 2. The van der Waals surface area contributed by atoms with E-state index in [1.807, 2.05) is 6.92 Å². The first-order chi connectivity index (χ1) is 12.4. The molecule has 1 aliphatic carbocycles. The summed E-state index contributed by atoms with van der Waals surface area (Å²) in [5.41, 5.74) is 0. The molecule has 0 saturated heterocycles. The van der Waals surface area contributed by atoms with Gasteiger partial charge in [-0.1, -0.05) is 26.2 Å². The normalized spacial score (nSPS) is 17.9. The number of hydrogen-bond acceptors (Lipinski definition) is 5. The Labute approximate surface area is 154 Å². The number of halogens is 1. The molecule has 1 amide bonds. The molecule has 0 aromatic rings. The van der Waals surface area contributed by atoms with E-state index in [0.717, 1.165) is 32.1 Å². The zero-order chi connectivity index (χ0) is 19.4. The van der Waals surface area contributed by atoms with Crippen LogP contribution < -0.4 is 5.32 Å². The third-order valence-corrected chi connectivity index (χ3v) is 5.14. The molecule has 3 unspecified atom stereocenters. The highest BCUT2D eigenvalue weighted by Crippen LogP contribution is 2.24. The van der Waals surface area contributed by atoms with Crippen LogP contribution >= 0.6 is 8.03 Å². The fourth-order valence-electron chi connectivity index (χ4n) is 2.88. The highest BCUT2D eigenvalue weighted by molar-refractivity contribution is 7.37. The lowest BCUT2D eigenvalue weighted by Gasteiger charge is -2.19. The Morgan fingerprint density at radius 2 is 1.81 bits per heavy atom. The van der Waals surface area contributed by atoms with Crippen molar-refractivity contribution in [2.24, 2.45) is 11.8 Å². The largest absolute Gasteiger partial charge is 0.505 e. The second-order valence-electron chi connectivity index (χ2n) is 6.80.